The number of alkyl halides is 1. The second-order valence-electron chi connectivity index (χ2n) is 4.24. The molecule has 1 heterocycles. The van der Waals surface area contributed by atoms with E-state index in [0.717, 1.165) is 6.54 Å². The molecule has 5 heteroatoms. The van der Waals surface area contributed by atoms with Gasteiger partial charge in [0.05, 0.1) is 0 Å². The Morgan fingerprint density at radius 3 is 2.80 bits per heavy atom. The van der Waals surface area contributed by atoms with Crippen LogP contribution in [-0.4, -0.2) is 16.7 Å². The van der Waals surface area contributed by atoms with E-state index in [0.29, 0.717) is 17.3 Å². The van der Waals surface area contributed by atoms with Gasteiger partial charge in [0.1, 0.15) is 5.88 Å². The van der Waals surface area contributed by atoms with E-state index in [9.17, 15) is 0 Å². The van der Waals surface area contributed by atoms with E-state index in [1.807, 2.05) is 0 Å². The van der Waals surface area contributed by atoms with E-state index in [-0.39, 0.29) is 5.88 Å². The zero-order valence-corrected chi connectivity index (χ0v) is 9.68. The molecule has 2 rings (SSSR count). The standard InChI is InChI=1S/C10H16ClN3O/c1-2-3-10(4-5-10)7-12-9-14-13-8(6-11)15-9/h2-7H2,1H3,(H,12,14). The summed E-state index contributed by atoms with van der Waals surface area (Å²) in [5.74, 6) is 0.744. The van der Waals surface area contributed by atoms with Crippen molar-refractivity contribution in [3.63, 3.8) is 0 Å². The van der Waals surface area contributed by atoms with Crippen molar-refractivity contribution in [1.82, 2.24) is 10.2 Å². The summed E-state index contributed by atoms with van der Waals surface area (Å²) in [5, 5.41) is 10.8. The molecule has 1 N–H and O–H groups in total. The van der Waals surface area contributed by atoms with Gasteiger partial charge in [-0.15, -0.1) is 16.7 Å². The Morgan fingerprint density at radius 1 is 1.47 bits per heavy atom. The SMILES string of the molecule is CCCC1(CNc2nnc(CCl)o2)CC1. The molecule has 84 valence electrons. The molecule has 0 unspecified atom stereocenters. The summed E-state index contributed by atoms with van der Waals surface area (Å²) >= 11 is 5.57. The highest BCUT2D eigenvalue weighted by Crippen LogP contribution is 2.49. The molecule has 4 nitrogen and oxygen atoms in total. The van der Waals surface area contributed by atoms with Crippen molar-refractivity contribution in [2.24, 2.45) is 5.41 Å². The van der Waals surface area contributed by atoms with Gasteiger partial charge in [0, 0.05) is 6.54 Å². The molecule has 0 aliphatic heterocycles. The van der Waals surface area contributed by atoms with Crippen LogP contribution in [0.2, 0.25) is 0 Å². The van der Waals surface area contributed by atoms with Gasteiger partial charge in [-0.3, -0.25) is 0 Å². The number of nitrogens with one attached hydrogen (secondary N) is 1. The molecule has 0 aromatic carbocycles. The van der Waals surface area contributed by atoms with Gasteiger partial charge in [0.2, 0.25) is 5.89 Å². The highest BCUT2D eigenvalue weighted by molar-refractivity contribution is 6.16. The van der Waals surface area contributed by atoms with E-state index in [1.165, 1.54) is 25.7 Å². The predicted octanol–water partition coefficient (Wildman–Crippen LogP) is 2.80. The van der Waals surface area contributed by atoms with Gasteiger partial charge in [0.25, 0.3) is 0 Å². The average molecular weight is 230 g/mol. The first-order chi connectivity index (χ1) is 7.28. The smallest absolute Gasteiger partial charge is 0.315 e. The second-order valence-corrected chi connectivity index (χ2v) is 4.51. The molecule has 0 saturated heterocycles. The summed E-state index contributed by atoms with van der Waals surface area (Å²) in [6, 6.07) is 0.494. The summed E-state index contributed by atoms with van der Waals surface area (Å²) < 4.78 is 5.27. The molecule has 0 spiro atoms. The van der Waals surface area contributed by atoms with E-state index >= 15 is 0 Å². The van der Waals surface area contributed by atoms with E-state index in [1.54, 1.807) is 0 Å². The van der Waals surface area contributed by atoms with Gasteiger partial charge < -0.3 is 9.73 Å². The number of rotatable bonds is 6. The Balaban J connectivity index is 1.82. The predicted molar refractivity (Wildman–Crippen MR) is 58.9 cm³/mol. The minimum absolute atomic E-state index is 0.273. The Morgan fingerprint density at radius 2 is 2.27 bits per heavy atom. The minimum Gasteiger partial charge on any atom is -0.407 e. The first-order valence-electron chi connectivity index (χ1n) is 5.40. The first kappa shape index (κ1) is 10.7. The van der Waals surface area contributed by atoms with Gasteiger partial charge in [0.15, 0.2) is 0 Å². The van der Waals surface area contributed by atoms with Crippen molar-refractivity contribution in [2.75, 3.05) is 11.9 Å². The Labute approximate surface area is 94.4 Å². The van der Waals surface area contributed by atoms with E-state index in [2.05, 4.69) is 22.4 Å². The lowest BCUT2D eigenvalue weighted by Crippen LogP contribution is -2.15. The van der Waals surface area contributed by atoms with Gasteiger partial charge in [-0.1, -0.05) is 18.4 Å². The van der Waals surface area contributed by atoms with Crippen molar-refractivity contribution in [3.05, 3.63) is 5.89 Å². The van der Waals surface area contributed by atoms with Crippen molar-refractivity contribution in [3.8, 4) is 0 Å². The van der Waals surface area contributed by atoms with Crippen LogP contribution in [0.25, 0.3) is 0 Å². The number of nitrogens with zero attached hydrogens (tertiary/aromatic N) is 2. The van der Waals surface area contributed by atoms with Crippen LogP contribution in [-0.2, 0) is 5.88 Å². The summed E-state index contributed by atoms with van der Waals surface area (Å²) in [7, 11) is 0. The summed E-state index contributed by atoms with van der Waals surface area (Å²) in [5.41, 5.74) is 0.490. The van der Waals surface area contributed by atoms with Gasteiger partial charge in [-0.2, -0.15) is 0 Å². The van der Waals surface area contributed by atoms with Crippen molar-refractivity contribution < 1.29 is 4.42 Å². The molecular formula is C10H16ClN3O. The van der Waals surface area contributed by atoms with Crippen molar-refractivity contribution in [1.29, 1.82) is 0 Å². The van der Waals surface area contributed by atoms with Crippen LogP contribution in [0.4, 0.5) is 6.01 Å². The monoisotopic (exact) mass is 229 g/mol. The zero-order valence-electron chi connectivity index (χ0n) is 8.92. The fourth-order valence-electron chi connectivity index (χ4n) is 1.86. The molecule has 0 radical (unpaired) electrons. The maximum absolute atomic E-state index is 5.57. The van der Waals surface area contributed by atoms with Crippen LogP contribution in [0.3, 0.4) is 0 Å². The Bertz CT molecular complexity index is 322. The van der Waals surface area contributed by atoms with Gasteiger partial charge in [-0.25, -0.2) is 0 Å². The molecule has 0 amide bonds. The summed E-state index contributed by atoms with van der Waals surface area (Å²) in [6.07, 6.45) is 5.13. The highest BCUT2D eigenvalue weighted by atomic mass is 35.5. The van der Waals surface area contributed by atoms with E-state index < -0.39 is 0 Å². The van der Waals surface area contributed by atoms with Crippen LogP contribution in [0, 0.1) is 5.41 Å². The number of aromatic nitrogens is 2. The largest absolute Gasteiger partial charge is 0.407 e. The Kier molecular flexibility index (Phi) is 3.14. The maximum Gasteiger partial charge on any atom is 0.315 e. The van der Waals surface area contributed by atoms with E-state index in [4.69, 9.17) is 16.0 Å². The third-order valence-corrected chi connectivity index (χ3v) is 3.16. The van der Waals surface area contributed by atoms with Crippen LogP contribution in [0.15, 0.2) is 4.42 Å². The molecule has 1 aliphatic carbocycles. The highest BCUT2D eigenvalue weighted by Gasteiger charge is 2.41. The molecule has 1 aliphatic rings. The lowest BCUT2D eigenvalue weighted by molar-refractivity contribution is 0.468. The van der Waals surface area contributed by atoms with Crippen LogP contribution in [0.5, 0.6) is 0 Å². The average Bonchev–Trinajstić information content (AvgIpc) is 2.86. The summed E-state index contributed by atoms with van der Waals surface area (Å²) in [4.78, 5) is 0. The maximum atomic E-state index is 5.57. The normalized spacial score (nSPS) is 17.7. The van der Waals surface area contributed by atoms with Crippen molar-refractivity contribution in [2.45, 2.75) is 38.5 Å². The number of anilines is 1. The molecule has 1 fully saturated rings. The Hall–Kier alpha value is -0.770. The lowest BCUT2D eigenvalue weighted by Gasteiger charge is -2.12. The lowest BCUT2D eigenvalue weighted by atomic mass is 10.0. The van der Waals surface area contributed by atoms with Crippen LogP contribution < -0.4 is 5.32 Å². The topological polar surface area (TPSA) is 51.0 Å². The number of halogens is 1. The van der Waals surface area contributed by atoms with Crippen LogP contribution in [0.1, 0.15) is 38.5 Å². The molecular weight excluding hydrogens is 214 g/mol. The fourth-order valence-corrected chi connectivity index (χ4v) is 1.97. The molecule has 1 aromatic rings. The molecule has 15 heavy (non-hydrogen) atoms. The minimum atomic E-state index is 0.273. The van der Waals surface area contributed by atoms with Gasteiger partial charge in [-0.05, 0) is 24.7 Å². The summed E-state index contributed by atoms with van der Waals surface area (Å²) in [6.45, 7) is 3.16. The number of hydrogen-bond acceptors (Lipinski definition) is 4. The second kappa shape index (κ2) is 4.39. The number of hydrogen-bond donors (Lipinski definition) is 1. The van der Waals surface area contributed by atoms with Crippen LogP contribution >= 0.6 is 11.6 Å². The molecule has 1 aromatic heterocycles. The molecule has 1 saturated carbocycles. The molecule has 0 bridgehead atoms. The fraction of sp³-hybridized carbons (Fsp3) is 0.800. The molecule has 0 atom stereocenters. The van der Waals surface area contributed by atoms with Crippen molar-refractivity contribution >= 4 is 17.6 Å². The third kappa shape index (κ3) is 2.62. The quantitative estimate of drug-likeness (QED) is 0.763. The first-order valence-corrected chi connectivity index (χ1v) is 5.94. The van der Waals surface area contributed by atoms with Gasteiger partial charge >= 0.3 is 6.01 Å². The zero-order chi connectivity index (χ0) is 10.7. The third-order valence-electron chi connectivity index (χ3n) is 2.93.